The largest absolute Gasteiger partial charge is 0.137 e. The topological polar surface area (TPSA) is 0 Å². The van der Waals surface area contributed by atoms with E-state index in [0.717, 1.165) is 0 Å². The van der Waals surface area contributed by atoms with Crippen molar-refractivity contribution in [3.8, 4) is 0 Å². The van der Waals surface area contributed by atoms with Gasteiger partial charge in [0.05, 0.1) is 0 Å². The summed E-state index contributed by atoms with van der Waals surface area (Å²) in [6.07, 6.45) is 9.34. The zero-order valence-corrected chi connectivity index (χ0v) is 16.1. The van der Waals surface area contributed by atoms with Crippen LogP contribution in [0.4, 0.5) is 0 Å². The van der Waals surface area contributed by atoms with Crippen molar-refractivity contribution in [1.29, 1.82) is 0 Å². The van der Waals surface area contributed by atoms with Gasteiger partial charge in [0.15, 0.2) is 0 Å². The van der Waals surface area contributed by atoms with Gasteiger partial charge in [-0.1, -0.05) is 80.4 Å². The van der Waals surface area contributed by atoms with Crippen LogP contribution in [0.3, 0.4) is 0 Å². The fourth-order valence-electron chi connectivity index (χ4n) is 4.59. The lowest BCUT2D eigenvalue weighted by molar-refractivity contribution is 0.162. The molecule has 0 spiro atoms. The second kappa shape index (κ2) is 8.30. The molecule has 1 heteroatoms. The molecule has 1 aliphatic rings. The van der Waals surface area contributed by atoms with E-state index in [4.69, 9.17) is 0 Å². The maximum absolute atomic E-state index is 3.06. The summed E-state index contributed by atoms with van der Waals surface area (Å²) in [5.41, 5.74) is 3.58. The fourth-order valence-corrected chi connectivity index (χ4v) is 5.16. The van der Waals surface area contributed by atoms with Gasteiger partial charge in [0.1, 0.15) is 0 Å². The summed E-state index contributed by atoms with van der Waals surface area (Å²) in [7, 11) is 3.06. The second-order valence-electron chi connectivity index (χ2n) is 7.58. The van der Waals surface area contributed by atoms with Gasteiger partial charge in [0, 0.05) is 0 Å². The Labute approximate surface area is 150 Å². The third-order valence-corrected chi connectivity index (χ3v) is 6.94. The lowest BCUT2D eigenvalue weighted by Crippen LogP contribution is -2.33. The molecule has 0 saturated heterocycles. The fraction of sp³-hybridized carbons (Fsp3) is 0.478. The molecule has 1 saturated carbocycles. The van der Waals surface area contributed by atoms with Crippen LogP contribution in [0.1, 0.15) is 68.4 Å². The molecule has 0 aliphatic heterocycles. The average molecular weight is 338 g/mol. The highest BCUT2D eigenvalue weighted by atomic mass is 31.0. The number of hydrogen-bond donors (Lipinski definition) is 0. The molecule has 2 aromatic rings. The Morgan fingerprint density at radius 3 is 2.04 bits per heavy atom. The van der Waals surface area contributed by atoms with E-state index in [1.54, 1.807) is 0 Å². The van der Waals surface area contributed by atoms with E-state index < -0.39 is 0 Å². The molecule has 0 bridgehead atoms. The number of rotatable bonds is 6. The summed E-state index contributed by atoms with van der Waals surface area (Å²) >= 11 is 0. The van der Waals surface area contributed by atoms with Crippen molar-refractivity contribution in [1.82, 2.24) is 0 Å². The van der Waals surface area contributed by atoms with Gasteiger partial charge in [-0.05, 0) is 60.2 Å². The predicted octanol–water partition coefficient (Wildman–Crippen LogP) is 6.79. The van der Waals surface area contributed by atoms with E-state index in [-0.39, 0.29) is 0 Å². The first-order chi connectivity index (χ1) is 11.8. The standard InChI is InChI=1S/C23H31P/c1-2-3-15-23(18-24)16-14-21(19-10-6-4-7-11-19)22(17-23)20-12-8-5-9-13-20/h4-13,21-22H,2-3,14-18,24H2,1H3. The average Bonchev–Trinajstić information content (AvgIpc) is 2.67. The van der Waals surface area contributed by atoms with Gasteiger partial charge in [0.25, 0.3) is 0 Å². The number of hydrogen-bond acceptors (Lipinski definition) is 0. The van der Waals surface area contributed by atoms with Crippen molar-refractivity contribution in [3.05, 3.63) is 71.8 Å². The van der Waals surface area contributed by atoms with Crippen LogP contribution in [0.15, 0.2) is 60.7 Å². The Kier molecular flexibility index (Phi) is 6.12. The minimum absolute atomic E-state index is 0.520. The first kappa shape index (κ1) is 17.7. The Bertz CT molecular complexity index is 606. The highest BCUT2D eigenvalue weighted by Gasteiger charge is 2.40. The molecule has 0 amide bonds. The molecule has 0 radical (unpaired) electrons. The third kappa shape index (κ3) is 3.92. The summed E-state index contributed by atoms with van der Waals surface area (Å²) in [6, 6.07) is 22.5. The van der Waals surface area contributed by atoms with Gasteiger partial charge in [-0.3, -0.25) is 0 Å². The van der Waals surface area contributed by atoms with Crippen molar-refractivity contribution < 1.29 is 0 Å². The molecule has 1 aliphatic carbocycles. The Hall–Kier alpha value is -1.13. The maximum atomic E-state index is 3.06. The van der Waals surface area contributed by atoms with Crippen LogP contribution in [0, 0.1) is 5.41 Å². The summed E-state index contributed by atoms with van der Waals surface area (Å²) in [6.45, 7) is 2.32. The molecule has 1 fully saturated rings. The van der Waals surface area contributed by atoms with Crippen LogP contribution >= 0.6 is 9.24 Å². The van der Waals surface area contributed by atoms with Crippen molar-refractivity contribution in [2.75, 3.05) is 6.16 Å². The Morgan fingerprint density at radius 1 is 0.917 bits per heavy atom. The van der Waals surface area contributed by atoms with Gasteiger partial charge in [-0.15, -0.1) is 9.24 Å². The molecule has 0 aromatic heterocycles. The summed E-state index contributed by atoms with van der Waals surface area (Å²) in [5, 5.41) is 0. The molecule has 0 N–H and O–H groups in total. The highest BCUT2D eigenvalue weighted by Crippen LogP contribution is 2.53. The first-order valence-electron chi connectivity index (χ1n) is 9.58. The summed E-state index contributed by atoms with van der Waals surface area (Å²) < 4.78 is 0. The minimum atomic E-state index is 0.520. The van der Waals surface area contributed by atoms with Crippen LogP contribution in [-0.2, 0) is 0 Å². The summed E-state index contributed by atoms with van der Waals surface area (Å²) in [4.78, 5) is 0. The SMILES string of the molecule is CCCCC1(CP)CCC(c2ccccc2)C(c2ccccc2)C1. The van der Waals surface area contributed by atoms with Crippen molar-refractivity contribution in [3.63, 3.8) is 0 Å². The molecule has 128 valence electrons. The van der Waals surface area contributed by atoms with Crippen molar-refractivity contribution in [2.45, 2.75) is 57.3 Å². The Morgan fingerprint density at radius 2 is 1.50 bits per heavy atom. The smallest absolute Gasteiger partial charge is 0.00877 e. The quantitative estimate of drug-likeness (QED) is 0.509. The molecule has 24 heavy (non-hydrogen) atoms. The van der Waals surface area contributed by atoms with E-state index in [0.29, 0.717) is 17.3 Å². The first-order valence-corrected chi connectivity index (χ1v) is 10.4. The van der Waals surface area contributed by atoms with Crippen LogP contribution in [0.25, 0.3) is 0 Å². The van der Waals surface area contributed by atoms with E-state index in [1.807, 2.05) is 0 Å². The molecule has 4 unspecified atom stereocenters. The van der Waals surface area contributed by atoms with Crippen LogP contribution in [0.5, 0.6) is 0 Å². The van der Waals surface area contributed by atoms with Crippen LogP contribution in [-0.4, -0.2) is 6.16 Å². The second-order valence-corrected chi connectivity index (χ2v) is 7.99. The van der Waals surface area contributed by atoms with E-state index >= 15 is 0 Å². The normalized spacial score (nSPS) is 27.1. The van der Waals surface area contributed by atoms with Crippen LogP contribution < -0.4 is 0 Å². The van der Waals surface area contributed by atoms with Gasteiger partial charge in [0.2, 0.25) is 0 Å². The van der Waals surface area contributed by atoms with Gasteiger partial charge in [-0.2, -0.15) is 0 Å². The number of unbranched alkanes of at least 4 members (excludes halogenated alkanes) is 1. The number of benzene rings is 2. The van der Waals surface area contributed by atoms with E-state index in [1.165, 1.54) is 55.8 Å². The van der Waals surface area contributed by atoms with Gasteiger partial charge in [-0.25, -0.2) is 0 Å². The van der Waals surface area contributed by atoms with Gasteiger partial charge >= 0.3 is 0 Å². The molecule has 0 heterocycles. The van der Waals surface area contributed by atoms with Crippen LogP contribution in [0.2, 0.25) is 0 Å². The van der Waals surface area contributed by atoms with Crippen molar-refractivity contribution >= 4 is 9.24 Å². The molecule has 3 rings (SSSR count). The van der Waals surface area contributed by atoms with E-state index in [2.05, 4.69) is 76.8 Å². The maximum Gasteiger partial charge on any atom is -0.00877 e. The summed E-state index contributed by atoms with van der Waals surface area (Å²) in [5.74, 6) is 1.32. The molecule has 2 aromatic carbocycles. The molecule has 0 nitrogen and oxygen atoms in total. The minimum Gasteiger partial charge on any atom is -0.137 e. The van der Waals surface area contributed by atoms with Gasteiger partial charge < -0.3 is 0 Å². The molecular formula is C23H31P. The zero-order chi connectivity index (χ0) is 16.8. The molecule has 4 atom stereocenters. The monoisotopic (exact) mass is 338 g/mol. The third-order valence-electron chi connectivity index (χ3n) is 6.07. The highest BCUT2D eigenvalue weighted by molar-refractivity contribution is 7.16. The predicted molar refractivity (Wildman–Crippen MR) is 109 cm³/mol. The Balaban J connectivity index is 1.91. The zero-order valence-electron chi connectivity index (χ0n) is 15.0. The lowest BCUT2D eigenvalue weighted by Gasteiger charge is -2.45. The lowest BCUT2D eigenvalue weighted by atomic mass is 9.61. The van der Waals surface area contributed by atoms with E-state index in [9.17, 15) is 0 Å². The van der Waals surface area contributed by atoms with Crippen molar-refractivity contribution in [2.24, 2.45) is 5.41 Å². The molecular weight excluding hydrogens is 307 g/mol.